The van der Waals surface area contributed by atoms with Gasteiger partial charge in [0.25, 0.3) is 0 Å². The predicted octanol–water partition coefficient (Wildman–Crippen LogP) is 3.66. The number of para-hydroxylation sites is 1. The molecule has 0 bridgehead atoms. The summed E-state index contributed by atoms with van der Waals surface area (Å²) in [6, 6.07) is 10.2. The normalized spacial score (nSPS) is 22.4. The first kappa shape index (κ1) is 15.9. The SMILES string of the molecule is CC1(C)CN(c2nc3ccccc3cc2CO)CC2(CCCC2)O1. The minimum Gasteiger partial charge on any atom is -0.392 e. The lowest BCUT2D eigenvalue weighted by Crippen LogP contribution is -2.59. The molecule has 1 aliphatic heterocycles. The Morgan fingerprint density at radius 2 is 1.92 bits per heavy atom. The Balaban J connectivity index is 1.77. The van der Waals surface area contributed by atoms with E-state index >= 15 is 0 Å². The van der Waals surface area contributed by atoms with Crippen molar-refractivity contribution in [2.45, 2.75) is 57.3 Å². The number of fused-ring (bicyclic) bond motifs is 1. The lowest BCUT2D eigenvalue weighted by molar-refractivity contribution is -0.148. The Morgan fingerprint density at radius 1 is 1.17 bits per heavy atom. The monoisotopic (exact) mass is 326 g/mol. The first-order valence-electron chi connectivity index (χ1n) is 8.95. The van der Waals surface area contributed by atoms with E-state index in [1.165, 1.54) is 12.8 Å². The number of pyridine rings is 1. The van der Waals surface area contributed by atoms with Crippen LogP contribution >= 0.6 is 0 Å². The quantitative estimate of drug-likeness (QED) is 0.915. The highest BCUT2D eigenvalue weighted by molar-refractivity contribution is 5.81. The van der Waals surface area contributed by atoms with Crippen molar-refractivity contribution in [2.75, 3.05) is 18.0 Å². The summed E-state index contributed by atoms with van der Waals surface area (Å²) >= 11 is 0. The fourth-order valence-electron chi connectivity index (χ4n) is 4.48. The smallest absolute Gasteiger partial charge is 0.135 e. The minimum absolute atomic E-state index is 0.0119. The highest BCUT2D eigenvalue weighted by Crippen LogP contribution is 2.42. The van der Waals surface area contributed by atoms with Gasteiger partial charge in [0.05, 0.1) is 23.3 Å². The summed E-state index contributed by atoms with van der Waals surface area (Å²) < 4.78 is 6.50. The Kier molecular flexibility index (Phi) is 3.77. The molecule has 1 saturated heterocycles. The third kappa shape index (κ3) is 2.78. The van der Waals surface area contributed by atoms with Crippen LogP contribution in [0.25, 0.3) is 10.9 Å². The van der Waals surface area contributed by atoms with Crippen LogP contribution < -0.4 is 4.90 Å². The molecule has 2 fully saturated rings. The Bertz CT molecular complexity index is 750. The van der Waals surface area contributed by atoms with Crippen LogP contribution in [-0.4, -0.2) is 34.4 Å². The van der Waals surface area contributed by atoms with Crippen molar-refractivity contribution >= 4 is 16.7 Å². The van der Waals surface area contributed by atoms with E-state index < -0.39 is 0 Å². The van der Waals surface area contributed by atoms with E-state index in [0.29, 0.717) is 0 Å². The van der Waals surface area contributed by atoms with Crippen LogP contribution in [0.15, 0.2) is 30.3 Å². The number of nitrogens with zero attached hydrogens (tertiary/aromatic N) is 2. The average Bonchev–Trinajstić information content (AvgIpc) is 2.99. The molecule has 0 atom stereocenters. The number of anilines is 1. The van der Waals surface area contributed by atoms with Crippen LogP contribution in [0.1, 0.15) is 45.1 Å². The van der Waals surface area contributed by atoms with Crippen molar-refractivity contribution in [1.29, 1.82) is 0 Å². The average molecular weight is 326 g/mol. The molecule has 2 heterocycles. The Morgan fingerprint density at radius 3 is 2.67 bits per heavy atom. The first-order chi connectivity index (χ1) is 11.5. The number of aliphatic hydroxyl groups excluding tert-OH is 1. The predicted molar refractivity (Wildman–Crippen MR) is 96.2 cm³/mol. The molecular formula is C20H26N2O2. The van der Waals surface area contributed by atoms with E-state index in [-0.39, 0.29) is 17.8 Å². The molecular weight excluding hydrogens is 300 g/mol. The zero-order chi connectivity index (χ0) is 16.8. The van der Waals surface area contributed by atoms with Crippen molar-refractivity contribution in [3.05, 3.63) is 35.9 Å². The lowest BCUT2D eigenvalue weighted by Gasteiger charge is -2.49. The van der Waals surface area contributed by atoms with E-state index in [0.717, 1.165) is 48.2 Å². The van der Waals surface area contributed by atoms with Crippen LogP contribution in [0.4, 0.5) is 5.82 Å². The lowest BCUT2D eigenvalue weighted by atomic mass is 9.93. The molecule has 4 nitrogen and oxygen atoms in total. The van der Waals surface area contributed by atoms with E-state index in [2.05, 4.69) is 24.8 Å². The van der Waals surface area contributed by atoms with Gasteiger partial charge in [0.1, 0.15) is 5.82 Å². The molecule has 4 rings (SSSR count). The van der Waals surface area contributed by atoms with E-state index in [1.54, 1.807) is 0 Å². The zero-order valence-corrected chi connectivity index (χ0v) is 14.6. The van der Waals surface area contributed by atoms with Gasteiger partial charge in [-0.3, -0.25) is 0 Å². The molecule has 1 saturated carbocycles. The summed E-state index contributed by atoms with van der Waals surface area (Å²) in [4.78, 5) is 7.24. The van der Waals surface area contributed by atoms with Crippen molar-refractivity contribution in [3.63, 3.8) is 0 Å². The summed E-state index contributed by atoms with van der Waals surface area (Å²) in [5.74, 6) is 0.916. The Hall–Kier alpha value is -1.65. The second-order valence-corrected chi connectivity index (χ2v) is 7.93. The third-order valence-corrected chi connectivity index (χ3v) is 5.31. The molecule has 2 aromatic rings. The number of aliphatic hydroxyl groups is 1. The molecule has 0 radical (unpaired) electrons. The van der Waals surface area contributed by atoms with Gasteiger partial charge in [-0.1, -0.05) is 31.0 Å². The number of rotatable bonds is 2. The first-order valence-corrected chi connectivity index (χ1v) is 8.95. The van der Waals surface area contributed by atoms with Gasteiger partial charge in [-0.2, -0.15) is 0 Å². The second kappa shape index (κ2) is 5.71. The number of hydrogen-bond donors (Lipinski definition) is 1. The van der Waals surface area contributed by atoms with E-state index in [1.807, 2.05) is 24.3 Å². The van der Waals surface area contributed by atoms with Gasteiger partial charge in [0.2, 0.25) is 0 Å². The molecule has 0 amide bonds. The van der Waals surface area contributed by atoms with Crippen molar-refractivity contribution < 1.29 is 9.84 Å². The molecule has 1 aromatic heterocycles. The van der Waals surface area contributed by atoms with Gasteiger partial charge in [-0.15, -0.1) is 0 Å². The molecule has 1 N–H and O–H groups in total. The van der Waals surface area contributed by atoms with Crippen LogP contribution in [0.3, 0.4) is 0 Å². The number of hydrogen-bond acceptors (Lipinski definition) is 4. The van der Waals surface area contributed by atoms with Crippen molar-refractivity contribution in [2.24, 2.45) is 0 Å². The maximum Gasteiger partial charge on any atom is 0.135 e. The van der Waals surface area contributed by atoms with Gasteiger partial charge in [-0.25, -0.2) is 4.98 Å². The van der Waals surface area contributed by atoms with Crippen molar-refractivity contribution in [1.82, 2.24) is 4.98 Å². The zero-order valence-electron chi connectivity index (χ0n) is 14.6. The van der Waals surface area contributed by atoms with E-state index in [4.69, 9.17) is 9.72 Å². The molecule has 0 unspecified atom stereocenters. The maximum absolute atomic E-state index is 9.90. The van der Waals surface area contributed by atoms with Crippen LogP contribution in [0.2, 0.25) is 0 Å². The number of morpholine rings is 1. The van der Waals surface area contributed by atoms with Crippen LogP contribution in [-0.2, 0) is 11.3 Å². The molecule has 4 heteroatoms. The van der Waals surface area contributed by atoms with Crippen LogP contribution in [0, 0.1) is 0 Å². The summed E-state index contributed by atoms with van der Waals surface area (Å²) in [5.41, 5.74) is 1.62. The Labute approximate surface area is 143 Å². The highest BCUT2D eigenvalue weighted by atomic mass is 16.5. The summed E-state index contributed by atoms with van der Waals surface area (Å²) in [6.45, 7) is 6.01. The minimum atomic E-state index is -0.206. The van der Waals surface area contributed by atoms with Gasteiger partial charge >= 0.3 is 0 Å². The van der Waals surface area contributed by atoms with Gasteiger partial charge in [0, 0.05) is 24.0 Å². The maximum atomic E-state index is 9.90. The number of ether oxygens (including phenoxy) is 1. The third-order valence-electron chi connectivity index (χ3n) is 5.31. The van der Waals surface area contributed by atoms with Gasteiger partial charge in [0.15, 0.2) is 0 Å². The van der Waals surface area contributed by atoms with Gasteiger partial charge in [-0.05, 0) is 38.8 Å². The molecule has 1 aromatic carbocycles. The summed E-state index contributed by atoms with van der Waals surface area (Å²) in [5, 5.41) is 11.0. The highest BCUT2D eigenvalue weighted by Gasteiger charge is 2.46. The van der Waals surface area contributed by atoms with E-state index in [9.17, 15) is 5.11 Å². The fourth-order valence-corrected chi connectivity index (χ4v) is 4.48. The molecule has 1 spiro atoms. The van der Waals surface area contributed by atoms with Crippen LogP contribution in [0.5, 0.6) is 0 Å². The second-order valence-electron chi connectivity index (χ2n) is 7.93. The summed E-state index contributed by atoms with van der Waals surface area (Å²) in [7, 11) is 0. The summed E-state index contributed by atoms with van der Waals surface area (Å²) in [6.07, 6.45) is 4.72. The number of aromatic nitrogens is 1. The molecule has 2 aliphatic rings. The fraction of sp³-hybridized carbons (Fsp3) is 0.550. The number of benzene rings is 1. The molecule has 128 valence electrons. The topological polar surface area (TPSA) is 45.6 Å². The van der Waals surface area contributed by atoms with Gasteiger partial charge < -0.3 is 14.7 Å². The molecule has 1 aliphatic carbocycles. The molecule has 24 heavy (non-hydrogen) atoms. The standard InChI is InChI=1S/C20H26N2O2/c1-19(2)13-22(14-20(24-19)9-5-6-10-20)18-16(12-23)11-15-7-3-4-8-17(15)21-18/h3-4,7-8,11,23H,5-6,9-10,12-14H2,1-2H3. The van der Waals surface area contributed by atoms with Crippen molar-refractivity contribution in [3.8, 4) is 0 Å². The largest absolute Gasteiger partial charge is 0.392 e.